The standard InChI is InChI=1S/C9H8FN3O2/c10-6-3-1-5(2-4-6)7-8(14)13(11)9(15)12-7/h1-4,7H,11H2,(H,12,15). The number of benzene rings is 1. The Morgan fingerprint density at radius 1 is 1.27 bits per heavy atom. The molecule has 3 N–H and O–H groups in total. The van der Waals surface area contributed by atoms with Gasteiger partial charge in [-0.3, -0.25) is 4.79 Å². The van der Waals surface area contributed by atoms with Crippen molar-refractivity contribution in [2.45, 2.75) is 6.04 Å². The number of nitrogens with one attached hydrogen (secondary N) is 1. The van der Waals surface area contributed by atoms with Crippen LogP contribution in [0.3, 0.4) is 0 Å². The fourth-order valence-corrected chi connectivity index (χ4v) is 1.38. The number of urea groups is 1. The molecule has 15 heavy (non-hydrogen) atoms. The Hall–Kier alpha value is -1.95. The smallest absolute Gasteiger partial charge is 0.321 e. The van der Waals surface area contributed by atoms with E-state index in [1.807, 2.05) is 0 Å². The van der Waals surface area contributed by atoms with Crippen LogP contribution >= 0.6 is 0 Å². The Kier molecular flexibility index (Phi) is 2.12. The molecule has 0 aliphatic carbocycles. The van der Waals surface area contributed by atoms with Gasteiger partial charge in [-0.2, -0.15) is 5.01 Å². The number of carbonyl (C=O) groups excluding carboxylic acids is 2. The molecular weight excluding hydrogens is 201 g/mol. The average Bonchev–Trinajstić information content (AvgIpc) is 2.47. The van der Waals surface area contributed by atoms with E-state index >= 15 is 0 Å². The van der Waals surface area contributed by atoms with E-state index in [4.69, 9.17) is 5.84 Å². The van der Waals surface area contributed by atoms with Crippen molar-refractivity contribution >= 4 is 11.9 Å². The highest BCUT2D eigenvalue weighted by Crippen LogP contribution is 2.19. The summed E-state index contributed by atoms with van der Waals surface area (Å²) in [5, 5.41) is 2.89. The van der Waals surface area contributed by atoms with Crippen LogP contribution in [-0.4, -0.2) is 16.9 Å². The SMILES string of the molecule is NN1C(=O)NC(c2ccc(F)cc2)C1=O. The molecule has 1 aromatic rings. The second-order valence-corrected chi connectivity index (χ2v) is 3.14. The Labute approximate surface area is 84.6 Å². The number of imide groups is 1. The van der Waals surface area contributed by atoms with Gasteiger partial charge in [-0.25, -0.2) is 15.0 Å². The van der Waals surface area contributed by atoms with E-state index in [9.17, 15) is 14.0 Å². The molecule has 1 saturated heterocycles. The lowest BCUT2D eigenvalue weighted by atomic mass is 10.1. The van der Waals surface area contributed by atoms with Gasteiger partial charge in [0.15, 0.2) is 0 Å². The number of hydrogen-bond acceptors (Lipinski definition) is 3. The van der Waals surface area contributed by atoms with Crippen molar-refractivity contribution in [3.63, 3.8) is 0 Å². The summed E-state index contributed by atoms with van der Waals surface area (Å²) in [6, 6.07) is 3.81. The Morgan fingerprint density at radius 2 is 1.87 bits per heavy atom. The molecule has 0 radical (unpaired) electrons. The van der Waals surface area contributed by atoms with Gasteiger partial charge >= 0.3 is 6.03 Å². The lowest BCUT2D eigenvalue weighted by Crippen LogP contribution is -2.37. The van der Waals surface area contributed by atoms with Gasteiger partial charge in [0.1, 0.15) is 11.9 Å². The maximum absolute atomic E-state index is 12.6. The molecule has 3 amide bonds. The number of amides is 3. The number of nitrogens with zero attached hydrogens (tertiary/aromatic N) is 1. The van der Waals surface area contributed by atoms with E-state index < -0.39 is 23.8 Å². The molecule has 1 atom stereocenters. The molecule has 0 saturated carbocycles. The van der Waals surface area contributed by atoms with Crippen molar-refractivity contribution in [3.8, 4) is 0 Å². The highest BCUT2D eigenvalue weighted by atomic mass is 19.1. The first-order valence-corrected chi connectivity index (χ1v) is 4.24. The minimum absolute atomic E-state index is 0.403. The number of halogens is 1. The number of carbonyl (C=O) groups is 2. The first-order valence-electron chi connectivity index (χ1n) is 4.24. The summed E-state index contributed by atoms with van der Waals surface area (Å²) in [6.07, 6.45) is 0. The Morgan fingerprint density at radius 3 is 2.33 bits per heavy atom. The van der Waals surface area contributed by atoms with E-state index in [-0.39, 0.29) is 0 Å². The molecule has 1 aromatic carbocycles. The van der Waals surface area contributed by atoms with Crippen molar-refractivity contribution in [2.24, 2.45) is 5.84 Å². The molecule has 1 aliphatic rings. The molecule has 1 fully saturated rings. The minimum atomic E-state index is -0.817. The van der Waals surface area contributed by atoms with Crippen molar-refractivity contribution in [3.05, 3.63) is 35.6 Å². The van der Waals surface area contributed by atoms with Gasteiger partial charge < -0.3 is 5.32 Å². The van der Waals surface area contributed by atoms with Gasteiger partial charge in [0.05, 0.1) is 0 Å². The van der Waals surface area contributed by atoms with Crippen LogP contribution in [-0.2, 0) is 4.79 Å². The maximum atomic E-state index is 12.6. The third-order valence-corrected chi connectivity index (χ3v) is 2.17. The Balaban J connectivity index is 2.29. The first-order chi connectivity index (χ1) is 7.09. The van der Waals surface area contributed by atoms with Crippen LogP contribution in [0.4, 0.5) is 9.18 Å². The van der Waals surface area contributed by atoms with Gasteiger partial charge in [0.2, 0.25) is 0 Å². The largest absolute Gasteiger partial charge is 0.339 e. The normalized spacial score (nSPS) is 20.7. The molecule has 78 valence electrons. The maximum Gasteiger partial charge on any atom is 0.339 e. The lowest BCUT2D eigenvalue weighted by molar-refractivity contribution is -0.127. The molecule has 2 rings (SSSR count). The number of hydrazine groups is 1. The van der Waals surface area contributed by atoms with Crippen LogP contribution in [0.1, 0.15) is 11.6 Å². The fourth-order valence-electron chi connectivity index (χ4n) is 1.38. The first kappa shape index (κ1) is 9.60. The topological polar surface area (TPSA) is 75.4 Å². The van der Waals surface area contributed by atoms with Gasteiger partial charge in [-0.1, -0.05) is 12.1 Å². The van der Waals surface area contributed by atoms with E-state index in [1.165, 1.54) is 24.3 Å². The van der Waals surface area contributed by atoms with Gasteiger partial charge in [0.25, 0.3) is 5.91 Å². The number of hydrogen-bond donors (Lipinski definition) is 2. The van der Waals surface area contributed by atoms with Crippen LogP contribution in [0.5, 0.6) is 0 Å². The van der Waals surface area contributed by atoms with Crippen LogP contribution in [0.15, 0.2) is 24.3 Å². The minimum Gasteiger partial charge on any atom is -0.321 e. The molecule has 0 bridgehead atoms. The van der Waals surface area contributed by atoms with Crippen LogP contribution < -0.4 is 11.2 Å². The number of nitrogens with two attached hydrogens (primary N) is 1. The summed E-state index contributed by atoms with van der Waals surface area (Å²) in [5.41, 5.74) is 0.503. The molecular formula is C9H8FN3O2. The summed E-state index contributed by atoms with van der Waals surface area (Å²) in [6.45, 7) is 0. The third kappa shape index (κ3) is 1.55. The molecule has 0 spiro atoms. The predicted molar refractivity (Wildman–Crippen MR) is 48.7 cm³/mol. The highest BCUT2D eigenvalue weighted by molar-refractivity contribution is 6.03. The van der Waals surface area contributed by atoms with E-state index in [1.54, 1.807) is 0 Å². The van der Waals surface area contributed by atoms with E-state index in [0.29, 0.717) is 10.6 Å². The second-order valence-electron chi connectivity index (χ2n) is 3.14. The van der Waals surface area contributed by atoms with Crippen molar-refractivity contribution in [1.82, 2.24) is 10.3 Å². The zero-order valence-electron chi connectivity index (χ0n) is 7.61. The van der Waals surface area contributed by atoms with Gasteiger partial charge in [-0.15, -0.1) is 0 Å². The molecule has 1 aliphatic heterocycles. The summed E-state index contributed by atoms with van der Waals surface area (Å²) >= 11 is 0. The van der Waals surface area contributed by atoms with E-state index in [2.05, 4.69) is 5.32 Å². The summed E-state index contributed by atoms with van der Waals surface area (Å²) in [7, 11) is 0. The van der Waals surface area contributed by atoms with Gasteiger partial charge in [-0.05, 0) is 17.7 Å². The van der Waals surface area contributed by atoms with Gasteiger partial charge in [0, 0.05) is 0 Å². The monoisotopic (exact) mass is 209 g/mol. The summed E-state index contributed by atoms with van der Waals surface area (Å²) in [4.78, 5) is 22.5. The molecule has 1 unspecified atom stereocenters. The van der Waals surface area contributed by atoms with Crippen LogP contribution in [0.2, 0.25) is 0 Å². The summed E-state index contributed by atoms with van der Waals surface area (Å²) < 4.78 is 12.6. The molecule has 5 nitrogen and oxygen atoms in total. The number of rotatable bonds is 1. The highest BCUT2D eigenvalue weighted by Gasteiger charge is 2.37. The molecule has 0 aromatic heterocycles. The van der Waals surface area contributed by atoms with Crippen LogP contribution in [0, 0.1) is 5.82 Å². The predicted octanol–water partition coefficient (Wildman–Crippen LogP) is 0.292. The lowest BCUT2D eigenvalue weighted by Gasteiger charge is -2.07. The van der Waals surface area contributed by atoms with E-state index in [0.717, 1.165) is 0 Å². The second kappa shape index (κ2) is 3.32. The average molecular weight is 209 g/mol. The molecule has 1 heterocycles. The quantitative estimate of drug-likeness (QED) is 0.396. The van der Waals surface area contributed by atoms with Crippen LogP contribution in [0.25, 0.3) is 0 Å². The van der Waals surface area contributed by atoms with Crippen molar-refractivity contribution in [1.29, 1.82) is 0 Å². The zero-order valence-corrected chi connectivity index (χ0v) is 7.61. The Bertz CT molecular complexity index is 418. The van der Waals surface area contributed by atoms with Crippen molar-refractivity contribution < 1.29 is 14.0 Å². The fraction of sp³-hybridized carbons (Fsp3) is 0.111. The third-order valence-electron chi connectivity index (χ3n) is 2.17. The summed E-state index contributed by atoms with van der Waals surface area (Å²) in [5.74, 6) is 4.22. The van der Waals surface area contributed by atoms with Crippen molar-refractivity contribution in [2.75, 3.05) is 0 Å². The molecule has 6 heteroatoms. The zero-order chi connectivity index (χ0) is 11.0.